The van der Waals surface area contributed by atoms with E-state index in [0.717, 1.165) is 30.7 Å². The Morgan fingerprint density at radius 2 is 2.00 bits per heavy atom. The highest BCUT2D eigenvalue weighted by Gasteiger charge is 2.18. The molecule has 1 aromatic heterocycles. The summed E-state index contributed by atoms with van der Waals surface area (Å²) in [4.78, 5) is 44.7. The maximum Gasteiger partial charge on any atom is 0.321 e. The van der Waals surface area contributed by atoms with E-state index in [1.54, 1.807) is 18.2 Å². The molecule has 1 unspecified atom stereocenters. The Labute approximate surface area is 164 Å². The van der Waals surface area contributed by atoms with E-state index in [9.17, 15) is 14.4 Å². The Morgan fingerprint density at radius 1 is 1.25 bits per heavy atom. The molecular formula is C20H30N5O3+. The summed E-state index contributed by atoms with van der Waals surface area (Å²) in [5.74, 6) is 0.182. The van der Waals surface area contributed by atoms with Crippen LogP contribution < -0.4 is 21.1 Å². The summed E-state index contributed by atoms with van der Waals surface area (Å²) >= 11 is 0. The van der Waals surface area contributed by atoms with E-state index in [-0.39, 0.29) is 24.1 Å². The van der Waals surface area contributed by atoms with Crippen LogP contribution in [0, 0.1) is 0 Å². The lowest BCUT2D eigenvalue weighted by Gasteiger charge is -2.19. The summed E-state index contributed by atoms with van der Waals surface area (Å²) in [6.07, 6.45) is 2.71. The molecule has 0 fully saturated rings. The number of carbonyl (C=O) groups excluding carboxylic acids is 2. The molecule has 0 aliphatic heterocycles. The number of para-hydroxylation sites is 1. The molecule has 3 amide bonds. The third-order valence-corrected chi connectivity index (χ3v) is 4.62. The molecule has 28 heavy (non-hydrogen) atoms. The monoisotopic (exact) mass is 388 g/mol. The lowest BCUT2D eigenvalue weighted by atomic mass is 10.2. The molecule has 2 rings (SSSR count). The zero-order valence-electron chi connectivity index (χ0n) is 16.8. The van der Waals surface area contributed by atoms with Crippen molar-refractivity contribution in [1.29, 1.82) is 0 Å². The second-order valence-electron chi connectivity index (χ2n) is 7.07. The molecule has 152 valence electrons. The fraction of sp³-hybridized carbons (Fsp3) is 0.500. The molecule has 2 aromatic rings. The van der Waals surface area contributed by atoms with Crippen LogP contribution in [0.25, 0.3) is 10.9 Å². The van der Waals surface area contributed by atoms with E-state index in [4.69, 9.17) is 0 Å². The zero-order valence-corrected chi connectivity index (χ0v) is 16.8. The Kier molecular flexibility index (Phi) is 8.13. The van der Waals surface area contributed by atoms with E-state index in [2.05, 4.69) is 27.5 Å². The average Bonchev–Trinajstić information content (AvgIpc) is 2.65. The highest BCUT2D eigenvalue weighted by atomic mass is 16.2. The number of amides is 3. The highest BCUT2D eigenvalue weighted by molar-refractivity contribution is 5.94. The van der Waals surface area contributed by atoms with E-state index < -0.39 is 6.03 Å². The van der Waals surface area contributed by atoms with Crippen LogP contribution in [0.15, 0.2) is 29.1 Å². The van der Waals surface area contributed by atoms with Crippen molar-refractivity contribution in [3.8, 4) is 0 Å². The van der Waals surface area contributed by atoms with Gasteiger partial charge in [-0.2, -0.15) is 0 Å². The number of aromatic nitrogens is 2. The summed E-state index contributed by atoms with van der Waals surface area (Å²) in [7, 11) is 0. The minimum atomic E-state index is -0.480. The first kappa shape index (κ1) is 21.6. The van der Waals surface area contributed by atoms with Gasteiger partial charge in [-0.1, -0.05) is 32.4 Å². The fourth-order valence-corrected chi connectivity index (χ4v) is 2.88. The summed E-state index contributed by atoms with van der Waals surface area (Å²) < 4.78 is 0. The first-order valence-corrected chi connectivity index (χ1v) is 9.84. The van der Waals surface area contributed by atoms with Crippen molar-refractivity contribution in [2.75, 3.05) is 13.1 Å². The molecule has 0 bridgehead atoms. The average molecular weight is 388 g/mol. The van der Waals surface area contributed by atoms with Gasteiger partial charge in [-0.25, -0.2) is 9.78 Å². The predicted molar refractivity (Wildman–Crippen MR) is 108 cm³/mol. The SMILES string of the molecule is CCCC[NH+](CC(=O)NC(=O)N[C@H](C)CC)Cc1nc2ccccc2c(=O)[nH]1. The normalized spacial score (nSPS) is 13.1. The summed E-state index contributed by atoms with van der Waals surface area (Å²) in [5, 5.41) is 5.63. The third kappa shape index (κ3) is 6.45. The maximum absolute atomic E-state index is 12.3. The number of fused-ring (bicyclic) bond motifs is 1. The summed E-state index contributed by atoms with van der Waals surface area (Å²) in [6.45, 7) is 7.19. The minimum absolute atomic E-state index is 0.00298. The second kappa shape index (κ2) is 10.6. The number of quaternary nitrogens is 1. The first-order valence-electron chi connectivity index (χ1n) is 9.84. The Bertz CT molecular complexity index is 864. The van der Waals surface area contributed by atoms with Gasteiger partial charge in [0.25, 0.3) is 11.5 Å². The molecule has 0 aliphatic carbocycles. The Balaban J connectivity index is 2.06. The van der Waals surface area contributed by atoms with Gasteiger partial charge in [-0.3, -0.25) is 14.9 Å². The molecule has 1 heterocycles. The number of imide groups is 1. The van der Waals surface area contributed by atoms with Crippen LogP contribution in [-0.4, -0.2) is 41.0 Å². The Morgan fingerprint density at radius 3 is 2.71 bits per heavy atom. The zero-order chi connectivity index (χ0) is 20.5. The van der Waals surface area contributed by atoms with E-state index >= 15 is 0 Å². The van der Waals surface area contributed by atoms with Gasteiger partial charge in [-0.05, 0) is 31.9 Å². The van der Waals surface area contributed by atoms with Gasteiger partial charge in [0.2, 0.25) is 0 Å². The molecule has 4 N–H and O–H groups in total. The minimum Gasteiger partial charge on any atom is -0.335 e. The topological polar surface area (TPSA) is 108 Å². The molecule has 1 aromatic carbocycles. The van der Waals surface area contributed by atoms with E-state index in [0.29, 0.717) is 23.3 Å². The first-order chi connectivity index (χ1) is 13.4. The van der Waals surface area contributed by atoms with Crippen LogP contribution in [0.5, 0.6) is 0 Å². The Hall–Kier alpha value is -2.74. The molecular weight excluding hydrogens is 358 g/mol. The molecule has 0 saturated carbocycles. The number of hydrogen-bond donors (Lipinski definition) is 4. The van der Waals surface area contributed by atoms with Crippen LogP contribution >= 0.6 is 0 Å². The number of aromatic amines is 1. The second-order valence-corrected chi connectivity index (χ2v) is 7.07. The summed E-state index contributed by atoms with van der Waals surface area (Å²) in [6, 6.07) is 6.69. The number of unbranched alkanes of at least 4 members (excludes halogenated alkanes) is 1. The lowest BCUT2D eigenvalue weighted by molar-refractivity contribution is -0.906. The van der Waals surface area contributed by atoms with Crippen molar-refractivity contribution in [1.82, 2.24) is 20.6 Å². The maximum atomic E-state index is 12.3. The number of urea groups is 1. The highest BCUT2D eigenvalue weighted by Crippen LogP contribution is 2.04. The van der Waals surface area contributed by atoms with Gasteiger partial charge in [0, 0.05) is 6.04 Å². The number of H-pyrrole nitrogens is 1. The van der Waals surface area contributed by atoms with Gasteiger partial charge in [0.05, 0.1) is 17.4 Å². The number of nitrogens with one attached hydrogen (secondary N) is 4. The van der Waals surface area contributed by atoms with Crippen molar-refractivity contribution in [2.24, 2.45) is 0 Å². The van der Waals surface area contributed by atoms with Crippen molar-refractivity contribution in [2.45, 2.75) is 52.6 Å². The number of benzene rings is 1. The lowest BCUT2D eigenvalue weighted by Crippen LogP contribution is -3.12. The van der Waals surface area contributed by atoms with Gasteiger partial charge in [0.15, 0.2) is 12.4 Å². The molecule has 0 radical (unpaired) electrons. The number of carbonyl (C=O) groups is 2. The largest absolute Gasteiger partial charge is 0.335 e. The van der Waals surface area contributed by atoms with Gasteiger partial charge in [0.1, 0.15) is 6.54 Å². The number of rotatable bonds is 9. The fourth-order valence-electron chi connectivity index (χ4n) is 2.88. The standard InChI is InChI=1S/C20H29N5O3/c1-4-6-11-25(13-18(26)24-20(28)21-14(3)5-2)12-17-22-16-10-8-7-9-15(16)19(27)23-17/h7-10,14H,4-6,11-13H2,1-3H3,(H,22,23,27)(H2,21,24,26,28)/p+1/t14-/m1/s1. The van der Waals surface area contributed by atoms with Gasteiger partial charge < -0.3 is 15.2 Å². The van der Waals surface area contributed by atoms with Gasteiger partial charge in [-0.15, -0.1) is 0 Å². The van der Waals surface area contributed by atoms with Crippen LogP contribution in [-0.2, 0) is 11.3 Å². The van der Waals surface area contributed by atoms with Crippen molar-refractivity contribution < 1.29 is 14.5 Å². The van der Waals surface area contributed by atoms with E-state index in [1.165, 1.54) is 0 Å². The van der Waals surface area contributed by atoms with Crippen LogP contribution in [0.2, 0.25) is 0 Å². The molecule has 2 atom stereocenters. The third-order valence-electron chi connectivity index (χ3n) is 4.62. The van der Waals surface area contributed by atoms with Crippen molar-refractivity contribution in [3.63, 3.8) is 0 Å². The van der Waals surface area contributed by atoms with Crippen LogP contribution in [0.4, 0.5) is 4.79 Å². The molecule has 0 spiro atoms. The smallest absolute Gasteiger partial charge is 0.321 e. The molecule has 0 aliphatic rings. The van der Waals surface area contributed by atoms with Crippen molar-refractivity contribution in [3.05, 3.63) is 40.4 Å². The van der Waals surface area contributed by atoms with E-state index in [1.807, 2.05) is 19.9 Å². The van der Waals surface area contributed by atoms with Gasteiger partial charge >= 0.3 is 6.03 Å². The number of nitrogens with zero attached hydrogens (tertiary/aromatic N) is 1. The molecule has 8 heteroatoms. The van der Waals surface area contributed by atoms with Crippen LogP contribution in [0.1, 0.15) is 45.9 Å². The molecule has 8 nitrogen and oxygen atoms in total. The summed E-state index contributed by atoms with van der Waals surface area (Å²) in [5.41, 5.74) is 0.446. The number of hydrogen-bond acceptors (Lipinski definition) is 4. The predicted octanol–water partition coefficient (Wildman–Crippen LogP) is 0.732. The van der Waals surface area contributed by atoms with Crippen LogP contribution in [0.3, 0.4) is 0 Å². The van der Waals surface area contributed by atoms with Crippen molar-refractivity contribution >= 4 is 22.8 Å². The molecule has 0 saturated heterocycles. The quantitative estimate of drug-likeness (QED) is 0.508.